The van der Waals surface area contributed by atoms with E-state index in [0.29, 0.717) is 38.2 Å². The molecule has 0 amide bonds. The lowest BCUT2D eigenvalue weighted by Crippen LogP contribution is -2.26. The first-order valence-corrected chi connectivity index (χ1v) is 11.0. The van der Waals surface area contributed by atoms with E-state index in [1.807, 2.05) is 13.1 Å². The van der Waals surface area contributed by atoms with E-state index in [1.54, 1.807) is 35.2 Å². The van der Waals surface area contributed by atoms with Gasteiger partial charge >= 0.3 is 0 Å². The van der Waals surface area contributed by atoms with Crippen LogP contribution in [0.2, 0.25) is 10.0 Å². The molecule has 0 saturated heterocycles. The van der Waals surface area contributed by atoms with Gasteiger partial charge < -0.3 is 14.8 Å². The number of halogens is 2. The fourth-order valence-electron chi connectivity index (χ4n) is 4.16. The summed E-state index contributed by atoms with van der Waals surface area (Å²) in [5.74, 6) is 0.431. The summed E-state index contributed by atoms with van der Waals surface area (Å²) in [6.45, 7) is 1.99. The molecule has 0 saturated carbocycles. The monoisotopic (exact) mass is 465 g/mol. The Kier molecular flexibility index (Phi) is 5.37. The number of hydrogen-bond acceptors (Lipinski definition) is 5. The molecule has 2 aromatic heterocycles. The molecule has 0 atom stereocenters. The Morgan fingerprint density at radius 1 is 1.06 bits per heavy atom. The Bertz CT molecular complexity index is 1400. The molecule has 5 rings (SSSR count). The number of rotatable bonds is 3. The predicted octanol–water partition coefficient (Wildman–Crippen LogP) is 5.03. The number of hydrogen-bond donors (Lipinski definition) is 1. The molecule has 2 aromatic carbocycles. The van der Waals surface area contributed by atoms with Gasteiger partial charge in [-0.2, -0.15) is 4.98 Å². The van der Waals surface area contributed by atoms with E-state index in [-0.39, 0.29) is 5.43 Å². The Morgan fingerprint density at radius 3 is 2.62 bits per heavy atom. The maximum atomic E-state index is 13.2. The van der Waals surface area contributed by atoms with Crippen LogP contribution >= 0.6 is 23.2 Å². The SMILES string of the molecule is CN1CCc2ccc(Nc3ncc4c(=O)c(-c5c(Cl)cccc5Cl)cn(C)c4n3)cc2C1. The molecule has 32 heavy (non-hydrogen) atoms. The lowest BCUT2D eigenvalue weighted by Gasteiger charge is -2.25. The van der Waals surface area contributed by atoms with Crippen molar-refractivity contribution < 1.29 is 0 Å². The van der Waals surface area contributed by atoms with Gasteiger partial charge in [-0.1, -0.05) is 35.3 Å². The van der Waals surface area contributed by atoms with Gasteiger partial charge in [0.1, 0.15) is 5.65 Å². The van der Waals surface area contributed by atoms with E-state index in [0.717, 1.165) is 25.2 Å². The summed E-state index contributed by atoms with van der Waals surface area (Å²) in [6.07, 6.45) is 4.31. The number of pyridine rings is 1. The molecule has 0 fully saturated rings. The largest absolute Gasteiger partial charge is 0.335 e. The van der Waals surface area contributed by atoms with Gasteiger partial charge in [0.15, 0.2) is 0 Å². The fourth-order valence-corrected chi connectivity index (χ4v) is 4.76. The van der Waals surface area contributed by atoms with Crippen LogP contribution in [0.5, 0.6) is 0 Å². The molecule has 162 valence electrons. The zero-order valence-electron chi connectivity index (χ0n) is 17.7. The second kappa shape index (κ2) is 8.20. The first kappa shape index (κ1) is 20.9. The van der Waals surface area contributed by atoms with Gasteiger partial charge in [-0.15, -0.1) is 0 Å². The quantitative estimate of drug-likeness (QED) is 0.459. The van der Waals surface area contributed by atoms with Gasteiger partial charge in [0.25, 0.3) is 0 Å². The summed E-state index contributed by atoms with van der Waals surface area (Å²) in [7, 11) is 3.96. The number of aryl methyl sites for hydroxylation is 1. The third-order valence-corrected chi connectivity index (χ3v) is 6.44. The maximum Gasteiger partial charge on any atom is 0.229 e. The Morgan fingerprint density at radius 2 is 1.84 bits per heavy atom. The van der Waals surface area contributed by atoms with Crippen molar-refractivity contribution in [2.45, 2.75) is 13.0 Å². The van der Waals surface area contributed by atoms with Gasteiger partial charge in [-0.3, -0.25) is 4.79 Å². The first-order valence-electron chi connectivity index (χ1n) is 10.3. The average molecular weight is 466 g/mol. The molecule has 0 unspecified atom stereocenters. The maximum absolute atomic E-state index is 13.2. The van der Waals surface area contributed by atoms with E-state index < -0.39 is 0 Å². The normalized spacial score (nSPS) is 13.9. The standard InChI is InChI=1S/C24H21Cl2N5O/c1-30-9-8-14-6-7-16(10-15(14)12-30)28-24-27-11-17-22(32)18(13-31(2)23(17)29-24)21-19(25)4-3-5-20(21)26/h3-7,10-11,13H,8-9,12H2,1-2H3,(H,27,28,29). The van der Waals surface area contributed by atoms with Crippen LogP contribution < -0.4 is 10.7 Å². The zero-order valence-corrected chi connectivity index (χ0v) is 19.2. The molecular weight excluding hydrogens is 445 g/mol. The molecule has 0 radical (unpaired) electrons. The van der Waals surface area contributed by atoms with Crippen molar-refractivity contribution >= 4 is 45.9 Å². The summed E-state index contributed by atoms with van der Waals surface area (Å²) < 4.78 is 1.79. The molecule has 4 aromatic rings. The van der Waals surface area contributed by atoms with Crippen LogP contribution in [0.25, 0.3) is 22.2 Å². The van der Waals surface area contributed by atoms with Crippen LogP contribution in [0.1, 0.15) is 11.1 Å². The van der Waals surface area contributed by atoms with Crippen LogP contribution in [0.4, 0.5) is 11.6 Å². The molecule has 1 N–H and O–H groups in total. The molecule has 0 aliphatic carbocycles. The number of likely N-dealkylation sites (N-methyl/N-ethyl adjacent to an activating group) is 1. The first-order chi connectivity index (χ1) is 15.4. The summed E-state index contributed by atoms with van der Waals surface area (Å²) in [5.41, 5.74) is 4.84. The fraction of sp³-hybridized carbons (Fsp3) is 0.208. The van der Waals surface area contributed by atoms with Crippen molar-refractivity contribution in [1.29, 1.82) is 0 Å². The minimum absolute atomic E-state index is 0.212. The highest BCUT2D eigenvalue weighted by Crippen LogP contribution is 2.33. The van der Waals surface area contributed by atoms with Gasteiger partial charge in [0, 0.05) is 49.3 Å². The van der Waals surface area contributed by atoms with Crippen molar-refractivity contribution in [3.05, 3.63) is 80.2 Å². The molecule has 8 heteroatoms. The molecule has 3 heterocycles. The molecule has 0 spiro atoms. The highest BCUT2D eigenvalue weighted by atomic mass is 35.5. The lowest BCUT2D eigenvalue weighted by atomic mass is 9.99. The van der Waals surface area contributed by atoms with Crippen LogP contribution in [0, 0.1) is 0 Å². The smallest absolute Gasteiger partial charge is 0.229 e. The molecule has 6 nitrogen and oxygen atoms in total. The number of aromatic nitrogens is 3. The Labute approximate surface area is 195 Å². The van der Waals surface area contributed by atoms with Crippen LogP contribution in [0.3, 0.4) is 0 Å². The number of nitrogens with one attached hydrogen (secondary N) is 1. The summed E-state index contributed by atoms with van der Waals surface area (Å²) in [5, 5.41) is 4.52. The predicted molar refractivity (Wildman–Crippen MR) is 130 cm³/mol. The summed E-state index contributed by atoms with van der Waals surface area (Å²) in [6, 6.07) is 11.5. The van der Waals surface area contributed by atoms with E-state index in [1.165, 1.54) is 11.1 Å². The van der Waals surface area contributed by atoms with Crippen molar-refractivity contribution in [3.8, 4) is 11.1 Å². The van der Waals surface area contributed by atoms with Gasteiger partial charge in [-0.25, -0.2) is 4.98 Å². The number of nitrogens with zero attached hydrogens (tertiary/aromatic N) is 4. The second-order valence-corrected chi connectivity index (χ2v) is 8.92. The minimum atomic E-state index is -0.212. The number of fused-ring (bicyclic) bond motifs is 2. The summed E-state index contributed by atoms with van der Waals surface area (Å²) >= 11 is 12.7. The van der Waals surface area contributed by atoms with Crippen molar-refractivity contribution in [2.24, 2.45) is 7.05 Å². The van der Waals surface area contributed by atoms with Gasteiger partial charge in [-0.05, 0) is 48.9 Å². The molecule has 1 aliphatic heterocycles. The van der Waals surface area contributed by atoms with Gasteiger partial charge in [0.05, 0.1) is 15.4 Å². The Hall–Kier alpha value is -2.93. The number of anilines is 2. The van der Waals surface area contributed by atoms with Gasteiger partial charge in [0.2, 0.25) is 11.4 Å². The second-order valence-electron chi connectivity index (χ2n) is 8.11. The van der Waals surface area contributed by atoms with Crippen molar-refractivity contribution in [1.82, 2.24) is 19.4 Å². The number of benzene rings is 2. The van der Waals surface area contributed by atoms with E-state index in [2.05, 4.69) is 39.4 Å². The third-order valence-electron chi connectivity index (χ3n) is 5.81. The molecule has 0 bridgehead atoms. The van der Waals surface area contributed by atoms with Crippen LogP contribution in [-0.4, -0.2) is 33.0 Å². The summed E-state index contributed by atoms with van der Waals surface area (Å²) in [4.78, 5) is 24.5. The third kappa shape index (κ3) is 3.75. The van der Waals surface area contributed by atoms with E-state index in [4.69, 9.17) is 23.2 Å². The molecular formula is C24H21Cl2N5O. The zero-order chi connectivity index (χ0) is 22.4. The topological polar surface area (TPSA) is 63.1 Å². The van der Waals surface area contributed by atoms with Crippen molar-refractivity contribution in [2.75, 3.05) is 18.9 Å². The van der Waals surface area contributed by atoms with E-state index in [9.17, 15) is 4.79 Å². The van der Waals surface area contributed by atoms with E-state index >= 15 is 0 Å². The van der Waals surface area contributed by atoms with Crippen LogP contribution in [0.15, 0.2) is 53.6 Å². The lowest BCUT2D eigenvalue weighted by molar-refractivity contribution is 0.313. The Balaban J connectivity index is 1.54. The highest BCUT2D eigenvalue weighted by Gasteiger charge is 2.17. The molecule has 1 aliphatic rings. The minimum Gasteiger partial charge on any atom is -0.335 e. The highest BCUT2D eigenvalue weighted by molar-refractivity contribution is 6.39. The van der Waals surface area contributed by atoms with Crippen LogP contribution in [-0.2, 0) is 20.0 Å². The van der Waals surface area contributed by atoms with Crippen molar-refractivity contribution in [3.63, 3.8) is 0 Å². The average Bonchev–Trinajstić information content (AvgIpc) is 2.76.